The lowest BCUT2D eigenvalue weighted by Crippen LogP contribution is -2.40. The molecular formula is C15H20BrNO4S. The Hall–Kier alpha value is -0.920. The van der Waals surface area contributed by atoms with Crippen molar-refractivity contribution >= 4 is 31.9 Å². The van der Waals surface area contributed by atoms with Crippen molar-refractivity contribution in [1.82, 2.24) is 4.31 Å². The van der Waals surface area contributed by atoms with Gasteiger partial charge in [-0.2, -0.15) is 4.31 Å². The molecule has 7 heteroatoms. The number of benzene rings is 1. The highest BCUT2D eigenvalue weighted by Crippen LogP contribution is 2.25. The van der Waals surface area contributed by atoms with Crippen LogP contribution in [0.2, 0.25) is 0 Å². The summed E-state index contributed by atoms with van der Waals surface area (Å²) in [4.78, 5) is 12.0. The van der Waals surface area contributed by atoms with E-state index in [9.17, 15) is 13.2 Å². The van der Waals surface area contributed by atoms with E-state index in [0.29, 0.717) is 42.8 Å². The Labute approximate surface area is 139 Å². The van der Waals surface area contributed by atoms with Crippen molar-refractivity contribution in [1.29, 1.82) is 0 Å². The average Bonchev–Trinajstić information content (AvgIpc) is 2.55. The van der Waals surface area contributed by atoms with E-state index in [2.05, 4.69) is 15.9 Å². The summed E-state index contributed by atoms with van der Waals surface area (Å²) in [6, 6.07) is 6.91. The summed E-state index contributed by atoms with van der Waals surface area (Å²) < 4.78 is 31.8. The number of carbonyl (C=O) groups is 1. The molecule has 1 aromatic carbocycles. The Morgan fingerprint density at radius 1 is 1.36 bits per heavy atom. The molecule has 1 heterocycles. The monoisotopic (exact) mass is 389 g/mol. The van der Waals surface area contributed by atoms with Crippen LogP contribution in [0.25, 0.3) is 0 Å². The number of esters is 1. The van der Waals surface area contributed by atoms with Crippen LogP contribution < -0.4 is 0 Å². The van der Waals surface area contributed by atoms with Crippen molar-refractivity contribution in [2.24, 2.45) is 5.92 Å². The molecule has 0 N–H and O–H groups in total. The Bertz CT molecular complexity index is 624. The van der Waals surface area contributed by atoms with Crippen molar-refractivity contribution in [3.05, 3.63) is 29.8 Å². The number of nitrogens with zero attached hydrogens (tertiary/aromatic N) is 1. The van der Waals surface area contributed by atoms with Crippen LogP contribution in [0, 0.1) is 5.92 Å². The van der Waals surface area contributed by atoms with E-state index in [1.54, 1.807) is 25.1 Å². The number of sulfonamides is 1. The lowest BCUT2D eigenvalue weighted by Gasteiger charge is -2.30. The van der Waals surface area contributed by atoms with Gasteiger partial charge in [0.05, 0.1) is 17.4 Å². The molecule has 0 aromatic heterocycles. The summed E-state index contributed by atoms with van der Waals surface area (Å²) >= 11 is 3.33. The number of hydrogen-bond donors (Lipinski definition) is 0. The third-order valence-electron chi connectivity index (χ3n) is 3.76. The SMILES string of the molecule is CCOC(=O)C1CCN(S(=O)(=O)c2cccc(CBr)c2)CC1. The van der Waals surface area contributed by atoms with Gasteiger partial charge in [0, 0.05) is 18.4 Å². The molecule has 1 saturated heterocycles. The normalized spacial score (nSPS) is 17.4. The van der Waals surface area contributed by atoms with Gasteiger partial charge < -0.3 is 4.74 Å². The summed E-state index contributed by atoms with van der Waals surface area (Å²) in [7, 11) is -3.50. The smallest absolute Gasteiger partial charge is 0.309 e. The van der Waals surface area contributed by atoms with Crippen molar-refractivity contribution in [2.75, 3.05) is 19.7 Å². The zero-order valence-electron chi connectivity index (χ0n) is 12.5. The molecule has 1 aliphatic rings. The Kier molecular flexibility index (Phi) is 6.00. The third-order valence-corrected chi connectivity index (χ3v) is 6.31. The molecule has 5 nitrogen and oxygen atoms in total. The van der Waals surface area contributed by atoms with Crippen LogP contribution in [0.5, 0.6) is 0 Å². The molecule has 0 amide bonds. The van der Waals surface area contributed by atoms with Gasteiger partial charge in [-0.1, -0.05) is 28.1 Å². The van der Waals surface area contributed by atoms with Gasteiger partial charge in [0.1, 0.15) is 0 Å². The van der Waals surface area contributed by atoms with Crippen LogP contribution in [0.15, 0.2) is 29.2 Å². The Morgan fingerprint density at radius 3 is 2.64 bits per heavy atom. The van der Waals surface area contributed by atoms with Gasteiger partial charge in [-0.3, -0.25) is 4.79 Å². The molecule has 0 spiro atoms. The molecule has 2 rings (SSSR count). The van der Waals surface area contributed by atoms with Crippen LogP contribution in [0.4, 0.5) is 0 Å². The molecule has 22 heavy (non-hydrogen) atoms. The van der Waals surface area contributed by atoms with E-state index in [1.807, 2.05) is 6.07 Å². The van der Waals surface area contributed by atoms with Gasteiger partial charge in [-0.15, -0.1) is 0 Å². The summed E-state index contributed by atoms with van der Waals surface area (Å²) in [6.07, 6.45) is 1.02. The zero-order valence-corrected chi connectivity index (χ0v) is 14.9. The molecular weight excluding hydrogens is 370 g/mol. The minimum absolute atomic E-state index is 0.194. The lowest BCUT2D eigenvalue weighted by atomic mass is 9.98. The van der Waals surface area contributed by atoms with E-state index in [1.165, 1.54) is 4.31 Å². The number of alkyl halides is 1. The maximum absolute atomic E-state index is 12.7. The number of rotatable bonds is 5. The first-order chi connectivity index (χ1) is 10.5. The van der Waals surface area contributed by atoms with Crippen molar-refractivity contribution in [3.63, 3.8) is 0 Å². The highest BCUT2D eigenvalue weighted by atomic mass is 79.9. The van der Waals surface area contributed by atoms with Crippen LogP contribution in [0.1, 0.15) is 25.3 Å². The van der Waals surface area contributed by atoms with Crippen molar-refractivity contribution in [3.8, 4) is 0 Å². The van der Waals surface area contributed by atoms with E-state index in [-0.39, 0.29) is 11.9 Å². The predicted octanol–water partition coefficient (Wildman–Crippen LogP) is 2.55. The molecule has 0 atom stereocenters. The van der Waals surface area contributed by atoms with Gasteiger partial charge in [0.15, 0.2) is 0 Å². The summed E-state index contributed by atoms with van der Waals surface area (Å²) in [5, 5.41) is 0.612. The average molecular weight is 390 g/mol. The number of carbonyl (C=O) groups excluding carboxylic acids is 1. The van der Waals surface area contributed by atoms with E-state index in [4.69, 9.17) is 4.74 Å². The summed E-state index contributed by atoms with van der Waals surface area (Å²) in [5.41, 5.74) is 0.919. The van der Waals surface area contributed by atoms with Crippen LogP contribution >= 0.6 is 15.9 Å². The number of ether oxygens (including phenoxy) is 1. The third kappa shape index (κ3) is 3.88. The van der Waals surface area contributed by atoms with Crippen LogP contribution in [-0.4, -0.2) is 38.4 Å². The van der Waals surface area contributed by atoms with Gasteiger partial charge in [-0.05, 0) is 37.5 Å². The largest absolute Gasteiger partial charge is 0.466 e. The van der Waals surface area contributed by atoms with Crippen LogP contribution in [-0.2, 0) is 24.9 Å². The second-order valence-corrected chi connectivity index (χ2v) is 7.71. The van der Waals surface area contributed by atoms with E-state index >= 15 is 0 Å². The first-order valence-corrected chi connectivity index (χ1v) is 9.87. The molecule has 1 aromatic rings. The van der Waals surface area contributed by atoms with Crippen molar-refractivity contribution in [2.45, 2.75) is 30.0 Å². The minimum atomic E-state index is -3.50. The fourth-order valence-electron chi connectivity index (χ4n) is 2.53. The first-order valence-electron chi connectivity index (χ1n) is 7.30. The molecule has 1 fully saturated rings. The standard InChI is InChI=1S/C15H20BrNO4S/c1-2-21-15(18)13-6-8-17(9-7-13)22(19,20)14-5-3-4-12(10-14)11-16/h3-5,10,13H,2,6-9,11H2,1H3. The Morgan fingerprint density at radius 2 is 2.05 bits per heavy atom. The van der Waals surface area contributed by atoms with Gasteiger partial charge in [-0.25, -0.2) is 8.42 Å². The van der Waals surface area contributed by atoms with Gasteiger partial charge in [0.25, 0.3) is 0 Å². The van der Waals surface area contributed by atoms with E-state index in [0.717, 1.165) is 5.56 Å². The highest BCUT2D eigenvalue weighted by Gasteiger charge is 2.32. The Balaban J connectivity index is 2.07. The van der Waals surface area contributed by atoms with Gasteiger partial charge in [0.2, 0.25) is 10.0 Å². The topological polar surface area (TPSA) is 63.7 Å². The quantitative estimate of drug-likeness (QED) is 0.573. The minimum Gasteiger partial charge on any atom is -0.466 e. The predicted molar refractivity (Wildman–Crippen MR) is 87.2 cm³/mol. The zero-order chi connectivity index (χ0) is 16.2. The fraction of sp³-hybridized carbons (Fsp3) is 0.533. The fourth-order valence-corrected chi connectivity index (χ4v) is 4.42. The molecule has 0 unspecified atom stereocenters. The molecule has 122 valence electrons. The second-order valence-electron chi connectivity index (χ2n) is 5.21. The number of piperidine rings is 1. The summed E-state index contributed by atoms with van der Waals surface area (Å²) in [5.74, 6) is -0.416. The maximum atomic E-state index is 12.7. The molecule has 0 aliphatic carbocycles. The van der Waals surface area contributed by atoms with E-state index < -0.39 is 10.0 Å². The first kappa shape index (κ1) is 17.4. The molecule has 1 aliphatic heterocycles. The molecule has 0 bridgehead atoms. The number of halogens is 1. The lowest BCUT2D eigenvalue weighted by molar-refractivity contribution is -0.149. The highest BCUT2D eigenvalue weighted by molar-refractivity contribution is 9.08. The van der Waals surface area contributed by atoms with Gasteiger partial charge >= 0.3 is 5.97 Å². The van der Waals surface area contributed by atoms with Crippen LogP contribution in [0.3, 0.4) is 0 Å². The molecule has 0 radical (unpaired) electrons. The second kappa shape index (κ2) is 7.57. The maximum Gasteiger partial charge on any atom is 0.309 e. The van der Waals surface area contributed by atoms with Crippen molar-refractivity contribution < 1.29 is 17.9 Å². The summed E-state index contributed by atoms with van der Waals surface area (Å²) in [6.45, 7) is 2.83. The molecule has 0 saturated carbocycles. The number of hydrogen-bond acceptors (Lipinski definition) is 4.